The fraction of sp³-hybridized carbons (Fsp3) is 0.263. The highest BCUT2D eigenvalue weighted by molar-refractivity contribution is 6.33. The zero-order valence-corrected chi connectivity index (χ0v) is 13.2. The Balaban J connectivity index is 1.80. The predicted molar refractivity (Wildman–Crippen MR) is 87.2 cm³/mol. The third-order valence-corrected chi connectivity index (χ3v) is 3.32. The van der Waals surface area contributed by atoms with Gasteiger partial charge in [0.2, 0.25) is 5.78 Å². The van der Waals surface area contributed by atoms with E-state index in [-0.39, 0.29) is 13.0 Å². The van der Waals surface area contributed by atoms with Crippen LogP contribution in [0.25, 0.3) is 0 Å². The minimum absolute atomic E-state index is 0.156. The van der Waals surface area contributed by atoms with Gasteiger partial charge in [0.15, 0.2) is 0 Å². The lowest BCUT2D eigenvalue weighted by molar-refractivity contribution is -0.153. The first-order valence-corrected chi connectivity index (χ1v) is 7.64. The van der Waals surface area contributed by atoms with Crippen molar-refractivity contribution in [2.24, 2.45) is 0 Å². The first-order chi connectivity index (χ1) is 11.2. The number of hydrogen-bond acceptors (Lipinski definition) is 4. The summed E-state index contributed by atoms with van der Waals surface area (Å²) in [5, 5.41) is 0. The molecular formula is C19H20O4. The van der Waals surface area contributed by atoms with Crippen LogP contribution in [0.5, 0.6) is 5.75 Å². The summed E-state index contributed by atoms with van der Waals surface area (Å²) >= 11 is 0. The lowest BCUT2D eigenvalue weighted by Crippen LogP contribution is -2.17. The molecule has 0 aliphatic rings. The molecule has 0 heterocycles. The van der Waals surface area contributed by atoms with Crippen LogP contribution in [0.2, 0.25) is 0 Å². The van der Waals surface area contributed by atoms with Crippen LogP contribution < -0.4 is 4.74 Å². The van der Waals surface area contributed by atoms with Crippen molar-refractivity contribution >= 4 is 11.8 Å². The summed E-state index contributed by atoms with van der Waals surface area (Å²) < 4.78 is 10.4. The van der Waals surface area contributed by atoms with Gasteiger partial charge in [0, 0.05) is 6.42 Å². The summed E-state index contributed by atoms with van der Waals surface area (Å²) in [6.45, 7) is 2.42. The summed E-state index contributed by atoms with van der Waals surface area (Å²) in [6.07, 6.45) is 0.666. The first-order valence-electron chi connectivity index (χ1n) is 7.64. The second kappa shape index (κ2) is 8.73. The van der Waals surface area contributed by atoms with Crippen molar-refractivity contribution in [2.75, 3.05) is 6.61 Å². The summed E-state index contributed by atoms with van der Waals surface area (Å²) in [5.41, 5.74) is 2.09. The van der Waals surface area contributed by atoms with Crippen LogP contribution in [-0.2, 0) is 27.4 Å². The molecule has 0 radical (unpaired) electrons. The average molecular weight is 312 g/mol. The Labute approximate surface area is 136 Å². The van der Waals surface area contributed by atoms with E-state index in [2.05, 4.69) is 4.74 Å². The number of rotatable bonds is 8. The van der Waals surface area contributed by atoms with Gasteiger partial charge < -0.3 is 9.47 Å². The van der Waals surface area contributed by atoms with E-state index < -0.39 is 11.8 Å². The molecule has 2 aromatic carbocycles. The normalized spacial score (nSPS) is 10.1. The summed E-state index contributed by atoms with van der Waals surface area (Å²) in [4.78, 5) is 22.8. The zero-order valence-electron chi connectivity index (χ0n) is 13.2. The average Bonchev–Trinajstić information content (AvgIpc) is 2.60. The van der Waals surface area contributed by atoms with Crippen molar-refractivity contribution < 1.29 is 19.1 Å². The number of Topliss-reactive ketones (excluding diaryl/α,β-unsaturated/α-hetero) is 1. The van der Waals surface area contributed by atoms with Crippen molar-refractivity contribution in [1.29, 1.82) is 0 Å². The Morgan fingerprint density at radius 2 is 1.61 bits per heavy atom. The molecule has 120 valence electrons. The summed E-state index contributed by atoms with van der Waals surface area (Å²) in [6, 6.07) is 17.5. The summed E-state index contributed by atoms with van der Waals surface area (Å²) in [7, 11) is 0. The van der Waals surface area contributed by atoms with Crippen LogP contribution in [0.4, 0.5) is 0 Å². The standard InChI is InChI=1S/C19H20O4/c1-2-22-19(21)18(20)13-10-15-8-11-17(12-9-15)23-14-16-6-4-3-5-7-16/h3-9,11-12H,2,10,13-14H2,1H3. The lowest BCUT2D eigenvalue weighted by Gasteiger charge is -2.07. The van der Waals surface area contributed by atoms with Gasteiger partial charge in [-0.25, -0.2) is 4.79 Å². The monoisotopic (exact) mass is 312 g/mol. The molecule has 0 aromatic heterocycles. The maximum Gasteiger partial charge on any atom is 0.374 e. The quantitative estimate of drug-likeness (QED) is 0.554. The zero-order chi connectivity index (χ0) is 16.5. The van der Waals surface area contributed by atoms with Gasteiger partial charge in [-0.1, -0.05) is 42.5 Å². The van der Waals surface area contributed by atoms with Crippen molar-refractivity contribution in [2.45, 2.75) is 26.4 Å². The van der Waals surface area contributed by atoms with E-state index >= 15 is 0 Å². The Bertz CT molecular complexity index is 632. The number of carbonyl (C=O) groups excluding carboxylic acids is 2. The van der Waals surface area contributed by atoms with E-state index in [1.807, 2.05) is 54.6 Å². The number of benzene rings is 2. The van der Waals surface area contributed by atoms with Crippen molar-refractivity contribution in [3.05, 3.63) is 65.7 Å². The number of ketones is 1. The highest BCUT2D eigenvalue weighted by Crippen LogP contribution is 2.15. The molecule has 0 saturated heterocycles. The molecule has 0 unspecified atom stereocenters. The minimum Gasteiger partial charge on any atom is -0.489 e. The maximum atomic E-state index is 11.5. The van der Waals surface area contributed by atoms with Crippen molar-refractivity contribution in [3.63, 3.8) is 0 Å². The molecule has 0 bridgehead atoms. The third-order valence-electron chi connectivity index (χ3n) is 3.32. The molecule has 0 saturated carbocycles. The molecule has 23 heavy (non-hydrogen) atoms. The second-order valence-electron chi connectivity index (χ2n) is 5.06. The van der Waals surface area contributed by atoms with Crippen molar-refractivity contribution in [1.82, 2.24) is 0 Å². The van der Waals surface area contributed by atoms with Gasteiger partial charge >= 0.3 is 5.97 Å². The van der Waals surface area contributed by atoms with Crippen LogP contribution in [0.1, 0.15) is 24.5 Å². The fourth-order valence-electron chi connectivity index (χ4n) is 2.06. The molecule has 0 amide bonds. The largest absolute Gasteiger partial charge is 0.489 e. The highest BCUT2D eigenvalue weighted by atomic mass is 16.5. The van der Waals surface area contributed by atoms with Gasteiger partial charge in [0.25, 0.3) is 0 Å². The first kappa shape index (κ1) is 16.7. The predicted octanol–water partition coefficient (Wildman–Crippen LogP) is 3.33. The van der Waals surface area contributed by atoms with Gasteiger partial charge in [-0.15, -0.1) is 0 Å². The summed E-state index contributed by atoms with van der Waals surface area (Å²) in [5.74, 6) is -0.471. The Hall–Kier alpha value is -2.62. The maximum absolute atomic E-state index is 11.5. The molecule has 0 fully saturated rings. The topological polar surface area (TPSA) is 52.6 Å². The molecular weight excluding hydrogens is 292 g/mol. The van der Waals surface area contributed by atoms with Crippen LogP contribution in [0.15, 0.2) is 54.6 Å². The molecule has 4 heteroatoms. The molecule has 0 aliphatic carbocycles. The Morgan fingerprint density at radius 1 is 0.913 bits per heavy atom. The van der Waals surface area contributed by atoms with Crippen molar-refractivity contribution in [3.8, 4) is 5.75 Å². The van der Waals surface area contributed by atoms with E-state index in [4.69, 9.17) is 4.74 Å². The number of aryl methyl sites for hydroxylation is 1. The Kier molecular flexibility index (Phi) is 6.36. The van der Waals surface area contributed by atoms with Crippen LogP contribution in [0.3, 0.4) is 0 Å². The van der Waals surface area contributed by atoms with Gasteiger partial charge in [-0.3, -0.25) is 4.79 Å². The van der Waals surface area contributed by atoms with Gasteiger partial charge in [0.1, 0.15) is 12.4 Å². The van der Waals surface area contributed by atoms with E-state index in [0.29, 0.717) is 13.0 Å². The molecule has 4 nitrogen and oxygen atoms in total. The third kappa shape index (κ3) is 5.58. The number of ether oxygens (including phenoxy) is 2. The van der Waals surface area contributed by atoms with E-state index in [9.17, 15) is 9.59 Å². The van der Waals surface area contributed by atoms with E-state index in [1.165, 1.54) is 0 Å². The van der Waals surface area contributed by atoms with Gasteiger partial charge in [-0.05, 0) is 36.6 Å². The SMILES string of the molecule is CCOC(=O)C(=O)CCc1ccc(OCc2ccccc2)cc1. The fourth-order valence-corrected chi connectivity index (χ4v) is 2.06. The lowest BCUT2D eigenvalue weighted by atomic mass is 10.1. The number of esters is 1. The minimum atomic E-state index is -0.754. The molecule has 0 spiro atoms. The molecule has 0 aliphatic heterocycles. The molecule has 0 atom stereocenters. The van der Waals surface area contributed by atoms with Crippen LogP contribution in [0, 0.1) is 0 Å². The highest BCUT2D eigenvalue weighted by Gasteiger charge is 2.14. The smallest absolute Gasteiger partial charge is 0.374 e. The van der Waals surface area contributed by atoms with E-state index in [1.54, 1.807) is 6.92 Å². The molecule has 2 rings (SSSR count). The van der Waals surface area contributed by atoms with Gasteiger partial charge in [0.05, 0.1) is 6.61 Å². The van der Waals surface area contributed by atoms with Crippen LogP contribution in [-0.4, -0.2) is 18.4 Å². The van der Waals surface area contributed by atoms with Crippen LogP contribution >= 0.6 is 0 Å². The molecule has 0 N–H and O–H groups in total. The molecule has 2 aromatic rings. The van der Waals surface area contributed by atoms with E-state index in [0.717, 1.165) is 16.9 Å². The van der Waals surface area contributed by atoms with Gasteiger partial charge in [-0.2, -0.15) is 0 Å². The number of carbonyl (C=O) groups is 2. The number of hydrogen-bond donors (Lipinski definition) is 0. The Morgan fingerprint density at radius 3 is 2.26 bits per heavy atom. The second-order valence-corrected chi connectivity index (χ2v) is 5.06.